The van der Waals surface area contributed by atoms with E-state index in [1.54, 1.807) is 24.0 Å². The van der Waals surface area contributed by atoms with Gasteiger partial charge >= 0.3 is 0 Å². The standard InChI is InChI=1S/C17H21FN2O4S/c1-2-19(13-7-8-25(23,24)11-13)17(22)12-9-16(21)20(10-12)15-6-4-3-5-14(15)18/h3-6,12-13H,2,7-11H2,1H3. The van der Waals surface area contributed by atoms with E-state index in [0.29, 0.717) is 13.0 Å². The van der Waals surface area contributed by atoms with Crippen LogP contribution in [-0.2, 0) is 19.4 Å². The van der Waals surface area contributed by atoms with Gasteiger partial charge in [-0.25, -0.2) is 12.8 Å². The molecular weight excluding hydrogens is 347 g/mol. The SMILES string of the molecule is CCN(C(=O)C1CC(=O)N(c2ccccc2F)C1)C1CCS(=O)(=O)C1. The molecule has 0 bridgehead atoms. The Morgan fingerprint density at radius 1 is 1.36 bits per heavy atom. The summed E-state index contributed by atoms with van der Waals surface area (Å²) < 4.78 is 37.3. The predicted molar refractivity (Wildman–Crippen MR) is 91.3 cm³/mol. The van der Waals surface area contributed by atoms with Crippen molar-refractivity contribution in [2.75, 3.05) is 29.5 Å². The highest BCUT2D eigenvalue weighted by Crippen LogP contribution is 2.29. The molecule has 6 nitrogen and oxygen atoms in total. The Morgan fingerprint density at radius 3 is 2.68 bits per heavy atom. The average Bonchev–Trinajstić information content (AvgIpc) is 3.11. The first-order valence-corrected chi connectivity index (χ1v) is 10.2. The summed E-state index contributed by atoms with van der Waals surface area (Å²) in [7, 11) is -3.10. The van der Waals surface area contributed by atoms with Gasteiger partial charge in [0.2, 0.25) is 11.8 Å². The summed E-state index contributed by atoms with van der Waals surface area (Å²) >= 11 is 0. The third kappa shape index (κ3) is 3.53. The summed E-state index contributed by atoms with van der Waals surface area (Å²) in [6, 6.07) is 5.64. The first-order valence-electron chi connectivity index (χ1n) is 8.38. The van der Waals surface area contributed by atoms with Crippen molar-refractivity contribution in [3.05, 3.63) is 30.1 Å². The Kier molecular flexibility index (Phi) is 4.81. The van der Waals surface area contributed by atoms with E-state index in [-0.39, 0.29) is 48.0 Å². The number of nitrogens with zero attached hydrogens (tertiary/aromatic N) is 2. The Balaban J connectivity index is 1.75. The smallest absolute Gasteiger partial charge is 0.228 e. The highest BCUT2D eigenvalue weighted by molar-refractivity contribution is 7.91. The molecule has 2 amide bonds. The zero-order valence-corrected chi connectivity index (χ0v) is 14.8. The maximum absolute atomic E-state index is 13.9. The number of hydrogen-bond acceptors (Lipinski definition) is 4. The maximum atomic E-state index is 13.9. The number of amides is 2. The van der Waals surface area contributed by atoms with E-state index >= 15 is 0 Å². The van der Waals surface area contributed by atoms with Crippen molar-refractivity contribution in [2.45, 2.75) is 25.8 Å². The monoisotopic (exact) mass is 368 g/mol. The fraction of sp³-hybridized carbons (Fsp3) is 0.529. The van der Waals surface area contributed by atoms with Crippen LogP contribution in [0.4, 0.5) is 10.1 Å². The number of rotatable bonds is 4. The molecule has 2 heterocycles. The summed E-state index contributed by atoms with van der Waals surface area (Å²) in [6.45, 7) is 2.31. The lowest BCUT2D eigenvalue weighted by atomic mass is 10.1. The van der Waals surface area contributed by atoms with E-state index in [1.807, 2.05) is 0 Å². The van der Waals surface area contributed by atoms with Crippen LogP contribution in [0.1, 0.15) is 19.8 Å². The van der Waals surface area contributed by atoms with Crippen LogP contribution in [0.15, 0.2) is 24.3 Å². The van der Waals surface area contributed by atoms with Crippen LogP contribution >= 0.6 is 0 Å². The minimum atomic E-state index is -3.10. The van der Waals surface area contributed by atoms with E-state index < -0.39 is 21.6 Å². The summed E-state index contributed by atoms with van der Waals surface area (Å²) in [4.78, 5) is 28.0. The largest absolute Gasteiger partial charge is 0.339 e. The van der Waals surface area contributed by atoms with Crippen LogP contribution in [-0.4, -0.2) is 55.8 Å². The van der Waals surface area contributed by atoms with Gasteiger partial charge in [0.1, 0.15) is 5.82 Å². The molecule has 2 aliphatic heterocycles. The van der Waals surface area contributed by atoms with Gasteiger partial charge in [-0.15, -0.1) is 0 Å². The van der Waals surface area contributed by atoms with Gasteiger partial charge in [-0.05, 0) is 25.5 Å². The second-order valence-electron chi connectivity index (χ2n) is 6.54. The molecule has 0 aromatic heterocycles. The Labute approximate surface area is 146 Å². The molecule has 2 aliphatic rings. The molecule has 0 spiro atoms. The topological polar surface area (TPSA) is 74.8 Å². The quantitative estimate of drug-likeness (QED) is 0.801. The zero-order chi connectivity index (χ0) is 18.2. The van der Waals surface area contributed by atoms with Gasteiger partial charge in [0, 0.05) is 25.6 Å². The summed E-state index contributed by atoms with van der Waals surface area (Å²) in [5, 5.41) is 0. The van der Waals surface area contributed by atoms with Crippen LogP contribution in [0, 0.1) is 11.7 Å². The van der Waals surface area contributed by atoms with Gasteiger partial charge in [0.15, 0.2) is 9.84 Å². The molecule has 0 aliphatic carbocycles. The van der Waals surface area contributed by atoms with Crippen molar-refractivity contribution in [2.24, 2.45) is 5.92 Å². The lowest BCUT2D eigenvalue weighted by Gasteiger charge is -2.29. The van der Waals surface area contributed by atoms with Gasteiger partial charge in [0.25, 0.3) is 0 Å². The first-order chi connectivity index (χ1) is 11.8. The Morgan fingerprint density at radius 2 is 2.08 bits per heavy atom. The molecule has 1 aromatic carbocycles. The van der Waals surface area contributed by atoms with Gasteiger partial charge in [0.05, 0.1) is 23.1 Å². The molecule has 0 saturated carbocycles. The van der Waals surface area contributed by atoms with Gasteiger partial charge in [-0.1, -0.05) is 12.1 Å². The van der Waals surface area contributed by atoms with E-state index in [0.717, 1.165) is 0 Å². The number of carbonyl (C=O) groups excluding carboxylic acids is 2. The molecule has 2 unspecified atom stereocenters. The number of halogens is 1. The number of benzene rings is 1. The van der Waals surface area contributed by atoms with Crippen LogP contribution < -0.4 is 4.90 Å². The second kappa shape index (κ2) is 6.74. The summed E-state index contributed by atoms with van der Waals surface area (Å²) in [6.07, 6.45) is 0.447. The average molecular weight is 368 g/mol. The zero-order valence-electron chi connectivity index (χ0n) is 14.0. The van der Waals surface area contributed by atoms with Crippen LogP contribution in [0.3, 0.4) is 0 Å². The molecule has 3 rings (SSSR count). The van der Waals surface area contributed by atoms with Gasteiger partial charge < -0.3 is 9.80 Å². The molecule has 0 radical (unpaired) electrons. The third-order valence-corrected chi connectivity index (χ3v) is 6.64. The molecular formula is C17H21FN2O4S. The highest BCUT2D eigenvalue weighted by Gasteiger charge is 2.41. The van der Waals surface area contributed by atoms with Crippen molar-refractivity contribution in [1.29, 1.82) is 0 Å². The molecule has 8 heteroatoms. The Hall–Kier alpha value is -1.96. The maximum Gasteiger partial charge on any atom is 0.228 e. The third-order valence-electron chi connectivity index (χ3n) is 4.89. The number of sulfone groups is 1. The predicted octanol–water partition coefficient (Wildman–Crippen LogP) is 1.21. The van der Waals surface area contributed by atoms with Gasteiger partial charge in [-0.3, -0.25) is 9.59 Å². The lowest BCUT2D eigenvalue weighted by Crippen LogP contribution is -2.44. The molecule has 2 fully saturated rings. The number of hydrogen-bond donors (Lipinski definition) is 0. The van der Waals surface area contributed by atoms with Crippen molar-refractivity contribution in [3.8, 4) is 0 Å². The molecule has 25 heavy (non-hydrogen) atoms. The number of para-hydroxylation sites is 1. The van der Waals surface area contributed by atoms with Crippen molar-refractivity contribution in [3.63, 3.8) is 0 Å². The number of anilines is 1. The molecule has 1 aromatic rings. The van der Waals surface area contributed by atoms with Gasteiger partial charge in [-0.2, -0.15) is 0 Å². The van der Waals surface area contributed by atoms with E-state index in [4.69, 9.17) is 0 Å². The molecule has 0 N–H and O–H groups in total. The van der Waals surface area contributed by atoms with Crippen molar-refractivity contribution >= 4 is 27.3 Å². The fourth-order valence-corrected chi connectivity index (χ4v) is 5.36. The molecule has 2 atom stereocenters. The van der Waals surface area contributed by atoms with Crippen LogP contribution in [0.25, 0.3) is 0 Å². The molecule has 136 valence electrons. The Bertz CT molecular complexity index is 796. The van der Waals surface area contributed by atoms with Crippen LogP contribution in [0.2, 0.25) is 0 Å². The first kappa shape index (κ1) is 17.8. The van der Waals surface area contributed by atoms with E-state index in [1.165, 1.54) is 17.0 Å². The van der Waals surface area contributed by atoms with Crippen LogP contribution in [0.5, 0.6) is 0 Å². The van der Waals surface area contributed by atoms with E-state index in [2.05, 4.69) is 0 Å². The normalized spacial score (nSPS) is 25.4. The summed E-state index contributed by atoms with van der Waals surface area (Å²) in [5.74, 6) is -1.53. The van der Waals surface area contributed by atoms with Crippen molar-refractivity contribution in [1.82, 2.24) is 4.90 Å². The lowest BCUT2D eigenvalue weighted by molar-refractivity contribution is -0.137. The van der Waals surface area contributed by atoms with Crippen molar-refractivity contribution < 1.29 is 22.4 Å². The van der Waals surface area contributed by atoms with E-state index in [9.17, 15) is 22.4 Å². The fourth-order valence-electron chi connectivity index (χ4n) is 3.63. The summed E-state index contributed by atoms with van der Waals surface area (Å²) in [5.41, 5.74) is 0.175. The second-order valence-corrected chi connectivity index (χ2v) is 8.77. The number of carbonyl (C=O) groups is 2. The highest BCUT2D eigenvalue weighted by atomic mass is 32.2. The minimum Gasteiger partial charge on any atom is -0.339 e. The molecule has 2 saturated heterocycles. The minimum absolute atomic E-state index is 0.0170.